The minimum Gasteiger partial charge on any atom is -0.387 e. The highest BCUT2D eigenvalue weighted by Gasteiger charge is 2.31. The van der Waals surface area contributed by atoms with Gasteiger partial charge in [0.25, 0.3) is 0 Å². The van der Waals surface area contributed by atoms with Crippen molar-refractivity contribution in [3.05, 3.63) is 33.6 Å². The number of nitrogens with zero attached hydrogens (tertiary/aromatic N) is 1. The molecule has 0 aliphatic carbocycles. The largest absolute Gasteiger partial charge is 0.387 e. The molecule has 3 N–H and O–H groups in total. The Morgan fingerprint density at radius 1 is 1.46 bits per heavy atom. The molecular formula is C15H21Cl2FIN3OS. The summed E-state index contributed by atoms with van der Waals surface area (Å²) in [5.41, 5.74) is -0.123. The number of hydrogen-bond acceptors (Lipinski definition) is 3. The Morgan fingerprint density at radius 2 is 2.17 bits per heavy atom. The van der Waals surface area contributed by atoms with Gasteiger partial charge in [-0.05, 0) is 36.8 Å². The maximum Gasteiger partial charge on any atom is 0.191 e. The lowest BCUT2D eigenvalue weighted by Crippen LogP contribution is -2.47. The van der Waals surface area contributed by atoms with Crippen molar-refractivity contribution >= 4 is 64.9 Å². The van der Waals surface area contributed by atoms with Gasteiger partial charge in [-0.3, -0.25) is 4.99 Å². The van der Waals surface area contributed by atoms with Gasteiger partial charge < -0.3 is 15.7 Å². The molecular weight excluding hydrogens is 487 g/mol. The third-order valence-corrected chi connectivity index (χ3v) is 5.60. The minimum absolute atomic E-state index is 0. The summed E-state index contributed by atoms with van der Waals surface area (Å²) in [5.74, 6) is 1.68. The van der Waals surface area contributed by atoms with Crippen LogP contribution in [0.25, 0.3) is 0 Å². The maximum atomic E-state index is 13.6. The van der Waals surface area contributed by atoms with Crippen molar-refractivity contribution in [2.75, 3.05) is 25.1 Å². The topological polar surface area (TPSA) is 56.7 Å². The van der Waals surface area contributed by atoms with Gasteiger partial charge in [-0.15, -0.1) is 24.0 Å². The van der Waals surface area contributed by atoms with Crippen LogP contribution in [0.15, 0.2) is 17.1 Å². The van der Waals surface area contributed by atoms with Crippen LogP contribution < -0.4 is 10.6 Å². The van der Waals surface area contributed by atoms with Gasteiger partial charge >= 0.3 is 0 Å². The van der Waals surface area contributed by atoms with Crippen LogP contribution in [0.2, 0.25) is 10.0 Å². The molecule has 2 rings (SSSR count). The molecule has 2 unspecified atom stereocenters. The van der Waals surface area contributed by atoms with Gasteiger partial charge in [0.1, 0.15) is 5.82 Å². The molecule has 9 heteroatoms. The number of benzene rings is 1. The van der Waals surface area contributed by atoms with Crippen molar-refractivity contribution in [1.82, 2.24) is 10.6 Å². The first-order chi connectivity index (χ1) is 10.8. The Bertz CT molecular complexity index is 600. The van der Waals surface area contributed by atoms with Crippen molar-refractivity contribution in [3.8, 4) is 0 Å². The maximum absolute atomic E-state index is 13.6. The molecule has 0 saturated carbocycles. The number of hydrogen-bond donors (Lipinski definition) is 3. The smallest absolute Gasteiger partial charge is 0.191 e. The van der Waals surface area contributed by atoms with Crippen LogP contribution in [0.3, 0.4) is 0 Å². The Morgan fingerprint density at radius 3 is 2.75 bits per heavy atom. The molecule has 0 bridgehead atoms. The first-order valence-electron chi connectivity index (χ1n) is 7.26. The van der Waals surface area contributed by atoms with E-state index in [1.807, 2.05) is 6.92 Å². The lowest BCUT2D eigenvalue weighted by atomic mass is 10.0. The van der Waals surface area contributed by atoms with Gasteiger partial charge in [0.2, 0.25) is 0 Å². The summed E-state index contributed by atoms with van der Waals surface area (Å²) >= 11 is 13.6. The van der Waals surface area contributed by atoms with Gasteiger partial charge in [0.05, 0.1) is 16.7 Å². The van der Waals surface area contributed by atoms with Gasteiger partial charge in [0.15, 0.2) is 5.96 Å². The van der Waals surface area contributed by atoms with Crippen LogP contribution >= 0.6 is 58.9 Å². The second-order valence-corrected chi connectivity index (χ2v) is 7.53. The molecule has 1 saturated heterocycles. The van der Waals surface area contributed by atoms with E-state index in [-0.39, 0.29) is 35.0 Å². The van der Waals surface area contributed by atoms with E-state index in [1.165, 1.54) is 12.1 Å². The van der Waals surface area contributed by atoms with Crippen LogP contribution in [-0.2, 0) is 0 Å². The second-order valence-electron chi connectivity index (χ2n) is 5.61. The molecule has 1 aliphatic rings. The molecule has 1 aromatic rings. The standard InChI is InChI=1S/C15H20Cl2FN3OS.HI/c1-9(10-5-13(18)12(17)6-11(10)16)21-14(19-2)20-7-15(22)3-4-23-8-15;/h5-6,9,22H,3-4,7-8H2,1-2H3,(H2,19,20,21);1H. The molecule has 2 atom stereocenters. The zero-order valence-corrected chi connectivity index (χ0v) is 18.1. The summed E-state index contributed by atoms with van der Waals surface area (Å²) in [5, 5.41) is 17.0. The van der Waals surface area contributed by atoms with E-state index in [1.54, 1.807) is 18.8 Å². The van der Waals surface area contributed by atoms with E-state index >= 15 is 0 Å². The Kier molecular flexibility index (Phi) is 8.89. The van der Waals surface area contributed by atoms with E-state index < -0.39 is 11.4 Å². The number of aliphatic hydroxyl groups is 1. The quantitative estimate of drug-likeness (QED) is 0.251. The second kappa shape index (κ2) is 9.66. The van der Waals surface area contributed by atoms with Crippen LogP contribution in [0.1, 0.15) is 24.9 Å². The average Bonchev–Trinajstić information content (AvgIpc) is 2.94. The van der Waals surface area contributed by atoms with Crippen molar-refractivity contribution in [3.63, 3.8) is 0 Å². The van der Waals surface area contributed by atoms with Gasteiger partial charge in [-0.2, -0.15) is 11.8 Å². The first-order valence-corrected chi connectivity index (χ1v) is 9.17. The van der Waals surface area contributed by atoms with Gasteiger partial charge in [-0.25, -0.2) is 4.39 Å². The molecule has 136 valence electrons. The molecule has 0 aromatic heterocycles. The summed E-state index contributed by atoms with van der Waals surface area (Å²) in [7, 11) is 1.64. The first kappa shape index (κ1) is 22.1. The predicted molar refractivity (Wildman–Crippen MR) is 112 cm³/mol. The molecule has 0 amide bonds. The molecule has 1 aromatic carbocycles. The van der Waals surface area contributed by atoms with E-state index in [0.717, 1.165) is 12.2 Å². The number of rotatable bonds is 4. The fourth-order valence-electron chi connectivity index (χ4n) is 2.33. The van der Waals surface area contributed by atoms with Crippen LogP contribution in [-0.4, -0.2) is 41.8 Å². The monoisotopic (exact) mass is 507 g/mol. The van der Waals surface area contributed by atoms with Gasteiger partial charge in [0, 0.05) is 24.4 Å². The molecule has 1 heterocycles. The third-order valence-electron chi connectivity index (χ3n) is 3.75. The highest BCUT2D eigenvalue weighted by atomic mass is 127. The molecule has 24 heavy (non-hydrogen) atoms. The van der Waals surface area contributed by atoms with E-state index in [9.17, 15) is 9.50 Å². The number of thioether (sulfide) groups is 1. The normalized spacial score (nSPS) is 22.0. The highest BCUT2D eigenvalue weighted by Crippen LogP contribution is 2.29. The SMILES string of the molecule is CN=C(NCC1(O)CCSC1)NC(C)c1cc(F)c(Cl)cc1Cl.I. The number of aliphatic imine (C=N–C) groups is 1. The molecule has 1 aliphatic heterocycles. The van der Waals surface area contributed by atoms with E-state index in [4.69, 9.17) is 23.2 Å². The van der Waals surface area contributed by atoms with Crippen molar-refractivity contribution in [2.24, 2.45) is 4.99 Å². The van der Waals surface area contributed by atoms with Crippen molar-refractivity contribution in [1.29, 1.82) is 0 Å². The van der Waals surface area contributed by atoms with Crippen LogP contribution in [0, 0.1) is 5.82 Å². The predicted octanol–water partition coefficient (Wildman–Crippen LogP) is 3.84. The third kappa shape index (κ3) is 5.79. The molecule has 4 nitrogen and oxygen atoms in total. The number of halogens is 4. The van der Waals surface area contributed by atoms with Crippen LogP contribution in [0.5, 0.6) is 0 Å². The fraction of sp³-hybridized carbons (Fsp3) is 0.533. The Hall–Kier alpha value is 0.0400. The highest BCUT2D eigenvalue weighted by molar-refractivity contribution is 14.0. The molecule has 0 radical (unpaired) electrons. The zero-order valence-electron chi connectivity index (χ0n) is 13.4. The van der Waals surface area contributed by atoms with E-state index in [0.29, 0.717) is 28.8 Å². The van der Waals surface area contributed by atoms with Crippen LogP contribution in [0.4, 0.5) is 4.39 Å². The summed E-state index contributed by atoms with van der Waals surface area (Å²) in [6, 6.07) is 2.44. The van der Waals surface area contributed by atoms with Crippen molar-refractivity contribution in [2.45, 2.75) is 25.0 Å². The molecule has 1 fully saturated rings. The average molecular weight is 508 g/mol. The van der Waals surface area contributed by atoms with Gasteiger partial charge in [-0.1, -0.05) is 23.2 Å². The lowest BCUT2D eigenvalue weighted by Gasteiger charge is -2.25. The van der Waals surface area contributed by atoms with E-state index in [2.05, 4.69) is 15.6 Å². The fourth-order valence-corrected chi connectivity index (χ4v) is 4.17. The summed E-state index contributed by atoms with van der Waals surface area (Å²) in [6.07, 6.45) is 0.755. The Balaban J connectivity index is 0.00000288. The lowest BCUT2D eigenvalue weighted by molar-refractivity contribution is 0.0724. The summed E-state index contributed by atoms with van der Waals surface area (Å²) < 4.78 is 13.6. The summed E-state index contributed by atoms with van der Waals surface area (Å²) in [6.45, 7) is 2.26. The number of guanidine groups is 1. The van der Waals surface area contributed by atoms with Crippen molar-refractivity contribution < 1.29 is 9.50 Å². The molecule has 0 spiro atoms. The summed E-state index contributed by atoms with van der Waals surface area (Å²) in [4.78, 5) is 4.13. The minimum atomic E-state index is -0.713. The number of nitrogens with one attached hydrogen (secondary N) is 2. The zero-order chi connectivity index (χ0) is 17.0. The Labute approximate surface area is 173 Å².